The van der Waals surface area contributed by atoms with Crippen molar-refractivity contribution in [2.75, 3.05) is 26.3 Å². The zero-order valence-electron chi connectivity index (χ0n) is 9.14. The smallest absolute Gasteiger partial charge is 0.542 e. The number of carbonyl (C=O) groups is 1. The van der Waals surface area contributed by atoms with Gasteiger partial charge in [0.2, 0.25) is 0 Å². The normalized spacial score (nSPS) is 16.8. The quantitative estimate of drug-likeness (QED) is 0.528. The van der Waals surface area contributed by atoms with Gasteiger partial charge >= 0.3 is 51.4 Å². The van der Waals surface area contributed by atoms with E-state index < -0.39 is 5.97 Å². The Hall–Kier alpha value is 0.656. The number of nitrogens with zero attached hydrogens (tertiary/aromatic N) is 2. The van der Waals surface area contributed by atoms with E-state index in [1.54, 1.807) is 5.38 Å². The molecule has 0 bridgehead atoms. The van der Waals surface area contributed by atoms with E-state index >= 15 is 0 Å². The molecule has 2 rings (SSSR count). The fourth-order valence-corrected chi connectivity index (χ4v) is 2.10. The SMILES string of the molecule is O=C([O-])c1nc(CN2CCOCC2)cs1.[K+]. The molecule has 0 unspecified atom stereocenters. The number of ether oxygens (including phenoxy) is 1. The van der Waals surface area contributed by atoms with Crippen LogP contribution >= 0.6 is 11.3 Å². The molecule has 5 nitrogen and oxygen atoms in total. The number of aromatic carboxylic acids is 1. The molecule has 0 aliphatic carbocycles. The van der Waals surface area contributed by atoms with Crippen molar-refractivity contribution < 1.29 is 66.0 Å². The molecule has 0 spiro atoms. The van der Waals surface area contributed by atoms with Gasteiger partial charge in [-0.25, -0.2) is 4.98 Å². The van der Waals surface area contributed by atoms with Crippen LogP contribution in [-0.4, -0.2) is 42.2 Å². The molecule has 82 valence electrons. The summed E-state index contributed by atoms with van der Waals surface area (Å²) >= 11 is 1.12. The maximum Gasteiger partial charge on any atom is 1.00 e. The maximum absolute atomic E-state index is 10.5. The molecule has 0 saturated carbocycles. The van der Waals surface area contributed by atoms with Crippen molar-refractivity contribution in [2.45, 2.75) is 6.54 Å². The topological polar surface area (TPSA) is 65.5 Å². The second-order valence-electron chi connectivity index (χ2n) is 3.32. The maximum atomic E-state index is 10.5. The Kier molecular flexibility index (Phi) is 6.60. The van der Waals surface area contributed by atoms with Crippen LogP contribution in [0, 0.1) is 0 Å². The largest absolute Gasteiger partial charge is 1.00 e. The van der Waals surface area contributed by atoms with Gasteiger partial charge in [0, 0.05) is 25.0 Å². The third-order valence-electron chi connectivity index (χ3n) is 2.22. The van der Waals surface area contributed by atoms with Crippen LogP contribution in [0.15, 0.2) is 5.38 Å². The first kappa shape index (κ1) is 14.7. The van der Waals surface area contributed by atoms with Crippen LogP contribution in [0.2, 0.25) is 0 Å². The number of carboxylic acid groups (broad SMARTS) is 1. The predicted molar refractivity (Wildman–Crippen MR) is 52.5 cm³/mol. The Labute approximate surface area is 140 Å². The molecule has 1 aromatic rings. The third kappa shape index (κ3) is 4.15. The summed E-state index contributed by atoms with van der Waals surface area (Å²) in [5.74, 6) is -1.20. The fraction of sp³-hybridized carbons (Fsp3) is 0.556. The number of carbonyl (C=O) groups excluding carboxylic acids is 1. The van der Waals surface area contributed by atoms with Crippen LogP contribution in [0.25, 0.3) is 0 Å². The Morgan fingerprint density at radius 3 is 2.81 bits per heavy atom. The molecule has 0 atom stereocenters. The predicted octanol–water partition coefficient (Wildman–Crippen LogP) is -3.66. The van der Waals surface area contributed by atoms with E-state index in [4.69, 9.17) is 4.74 Å². The van der Waals surface area contributed by atoms with Crippen molar-refractivity contribution in [2.24, 2.45) is 0 Å². The summed E-state index contributed by atoms with van der Waals surface area (Å²) in [4.78, 5) is 16.7. The number of thiazole rings is 1. The van der Waals surface area contributed by atoms with Gasteiger partial charge in [-0.3, -0.25) is 4.90 Å². The van der Waals surface area contributed by atoms with E-state index in [1.807, 2.05) is 0 Å². The molecule has 2 heterocycles. The van der Waals surface area contributed by atoms with Gasteiger partial charge in [0.1, 0.15) is 11.0 Å². The second kappa shape index (κ2) is 7.17. The van der Waals surface area contributed by atoms with E-state index in [-0.39, 0.29) is 56.4 Å². The minimum Gasteiger partial charge on any atom is -0.542 e. The number of rotatable bonds is 3. The summed E-state index contributed by atoms with van der Waals surface area (Å²) in [6.07, 6.45) is 0. The van der Waals surface area contributed by atoms with Gasteiger partial charge in [-0.1, -0.05) is 0 Å². The van der Waals surface area contributed by atoms with Gasteiger partial charge in [0.25, 0.3) is 0 Å². The minimum absolute atomic E-state index is 0. The molecule has 0 N–H and O–H groups in total. The molecule has 1 aliphatic heterocycles. The average Bonchev–Trinajstić information content (AvgIpc) is 2.68. The van der Waals surface area contributed by atoms with Crippen molar-refractivity contribution in [3.05, 3.63) is 16.1 Å². The van der Waals surface area contributed by atoms with Crippen LogP contribution in [-0.2, 0) is 11.3 Å². The van der Waals surface area contributed by atoms with E-state index in [1.165, 1.54) is 0 Å². The first-order valence-electron chi connectivity index (χ1n) is 4.71. The molecular formula is C9H11KN2O3S. The molecule has 16 heavy (non-hydrogen) atoms. The molecule has 1 fully saturated rings. The monoisotopic (exact) mass is 266 g/mol. The van der Waals surface area contributed by atoms with Crippen LogP contribution in [0.4, 0.5) is 0 Å². The van der Waals surface area contributed by atoms with Gasteiger partial charge in [0.15, 0.2) is 0 Å². The van der Waals surface area contributed by atoms with Crippen molar-refractivity contribution in [3.63, 3.8) is 0 Å². The number of carboxylic acids is 1. The summed E-state index contributed by atoms with van der Waals surface area (Å²) < 4.78 is 5.22. The Morgan fingerprint density at radius 2 is 2.25 bits per heavy atom. The van der Waals surface area contributed by atoms with E-state index in [9.17, 15) is 9.90 Å². The molecule has 1 aliphatic rings. The van der Waals surface area contributed by atoms with E-state index in [2.05, 4.69) is 9.88 Å². The van der Waals surface area contributed by atoms with Gasteiger partial charge in [-0.05, 0) is 0 Å². The van der Waals surface area contributed by atoms with E-state index in [0.29, 0.717) is 6.54 Å². The second-order valence-corrected chi connectivity index (χ2v) is 4.18. The molecule has 1 aromatic heterocycles. The zero-order valence-corrected chi connectivity index (χ0v) is 13.1. The summed E-state index contributed by atoms with van der Waals surface area (Å²) in [5, 5.41) is 12.3. The number of morpholine rings is 1. The number of hydrogen-bond donors (Lipinski definition) is 0. The molecule has 7 heteroatoms. The van der Waals surface area contributed by atoms with Crippen molar-refractivity contribution >= 4 is 17.3 Å². The first-order valence-corrected chi connectivity index (χ1v) is 5.59. The van der Waals surface area contributed by atoms with Gasteiger partial charge in [-0.2, -0.15) is 0 Å². The third-order valence-corrected chi connectivity index (χ3v) is 3.09. The molecule has 0 radical (unpaired) electrons. The Balaban J connectivity index is 0.00000128. The number of hydrogen-bond acceptors (Lipinski definition) is 6. The van der Waals surface area contributed by atoms with Crippen LogP contribution in [0.1, 0.15) is 15.5 Å². The summed E-state index contributed by atoms with van der Waals surface area (Å²) in [6.45, 7) is 3.90. The molecule has 0 amide bonds. The first-order chi connectivity index (χ1) is 7.25. The van der Waals surface area contributed by atoms with Crippen LogP contribution in [0.5, 0.6) is 0 Å². The number of aromatic nitrogens is 1. The summed E-state index contributed by atoms with van der Waals surface area (Å²) in [6, 6.07) is 0. The standard InChI is InChI=1S/C9H12N2O3S.K/c12-9(13)8-10-7(6-15-8)5-11-1-3-14-4-2-11;/h6H,1-5H2,(H,12,13);/q;+1/p-1. The Morgan fingerprint density at radius 1 is 1.56 bits per heavy atom. The van der Waals surface area contributed by atoms with Gasteiger partial charge < -0.3 is 14.6 Å². The molecule has 0 aromatic carbocycles. The summed E-state index contributed by atoms with van der Waals surface area (Å²) in [7, 11) is 0. The molecular weight excluding hydrogens is 255 g/mol. The fourth-order valence-electron chi connectivity index (χ4n) is 1.46. The van der Waals surface area contributed by atoms with Gasteiger partial charge in [0.05, 0.1) is 18.9 Å². The molecule has 1 saturated heterocycles. The Bertz CT molecular complexity index is 352. The zero-order chi connectivity index (χ0) is 10.7. The average molecular weight is 266 g/mol. The van der Waals surface area contributed by atoms with Crippen molar-refractivity contribution in [3.8, 4) is 0 Å². The van der Waals surface area contributed by atoms with Gasteiger partial charge in [-0.15, -0.1) is 11.3 Å². The van der Waals surface area contributed by atoms with Crippen molar-refractivity contribution in [1.82, 2.24) is 9.88 Å². The minimum atomic E-state index is -1.20. The van der Waals surface area contributed by atoms with Crippen LogP contribution < -0.4 is 56.5 Å². The summed E-state index contributed by atoms with van der Waals surface area (Å²) in [5.41, 5.74) is 0.793. The van der Waals surface area contributed by atoms with Crippen LogP contribution in [0.3, 0.4) is 0 Å². The van der Waals surface area contributed by atoms with E-state index in [0.717, 1.165) is 43.3 Å². The van der Waals surface area contributed by atoms with Crippen molar-refractivity contribution in [1.29, 1.82) is 0 Å².